The summed E-state index contributed by atoms with van der Waals surface area (Å²) in [7, 11) is 0. The van der Waals surface area contributed by atoms with Crippen LogP contribution in [-0.2, 0) is 19.1 Å². The molecule has 0 aliphatic rings. The van der Waals surface area contributed by atoms with Crippen molar-refractivity contribution in [3.05, 3.63) is 0 Å². The number of hydrogen-bond acceptors (Lipinski definition) is 7. The highest BCUT2D eigenvalue weighted by Gasteiger charge is 1.92. The van der Waals surface area contributed by atoms with Gasteiger partial charge in [0.2, 0.25) is 0 Å². The van der Waals surface area contributed by atoms with Crippen molar-refractivity contribution >= 4 is 17.9 Å². The molecule has 104 valence electrons. The van der Waals surface area contributed by atoms with E-state index in [-0.39, 0.29) is 26.2 Å². The van der Waals surface area contributed by atoms with Gasteiger partial charge in [0.05, 0.1) is 19.6 Å². The minimum Gasteiger partial charge on any atom is -0.480 e. The Morgan fingerprint density at radius 3 is 1.50 bits per heavy atom. The van der Waals surface area contributed by atoms with Gasteiger partial charge in [0.15, 0.2) is 6.61 Å². The van der Waals surface area contributed by atoms with Crippen molar-refractivity contribution in [2.24, 2.45) is 17.2 Å². The van der Waals surface area contributed by atoms with E-state index in [1.165, 1.54) is 0 Å². The van der Waals surface area contributed by atoms with Gasteiger partial charge in [-0.15, -0.1) is 6.42 Å². The summed E-state index contributed by atoms with van der Waals surface area (Å²) in [4.78, 5) is 28.6. The summed E-state index contributed by atoms with van der Waals surface area (Å²) < 4.78 is 4.34. The fraction of sp³-hybridized carbons (Fsp3) is 0.444. The van der Waals surface area contributed by atoms with Crippen molar-refractivity contribution in [3.63, 3.8) is 0 Å². The first kappa shape index (κ1) is 21.2. The monoisotopic (exact) mass is 263 g/mol. The second-order valence-corrected chi connectivity index (χ2v) is 2.26. The van der Waals surface area contributed by atoms with Gasteiger partial charge in [0.1, 0.15) is 0 Å². The third-order valence-electron chi connectivity index (χ3n) is 0.832. The molecule has 0 unspecified atom stereocenters. The van der Waals surface area contributed by atoms with E-state index in [2.05, 4.69) is 22.1 Å². The average molecular weight is 263 g/mol. The van der Waals surface area contributed by atoms with Crippen LogP contribution in [0.15, 0.2) is 0 Å². The normalized spacial score (nSPS) is 7.44. The molecule has 18 heavy (non-hydrogen) atoms. The quantitative estimate of drug-likeness (QED) is 0.264. The van der Waals surface area contributed by atoms with Crippen LogP contribution in [-0.4, -0.2) is 54.4 Å². The number of hydrogen-bond donors (Lipinski definition) is 5. The highest BCUT2D eigenvalue weighted by Crippen LogP contribution is 1.70. The molecule has 9 heteroatoms. The largest absolute Gasteiger partial charge is 0.480 e. The maximum absolute atomic E-state index is 10.1. The van der Waals surface area contributed by atoms with Crippen LogP contribution in [0.3, 0.4) is 0 Å². The predicted molar refractivity (Wildman–Crippen MR) is 62.2 cm³/mol. The van der Waals surface area contributed by atoms with Crippen molar-refractivity contribution in [2.45, 2.75) is 0 Å². The average Bonchev–Trinajstić information content (AvgIpc) is 2.37. The number of aliphatic carboxylic acids is 2. The molecule has 0 fully saturated rings. The van der Waals surface area contributed by atoms with E-state index >= 15 is 0 Å². The molecule has 0 heterocycles. The molecule has 0 aromatic carbocycles. The van der Waals surface area contributed by atoms with Gasteiger partial charge in [-0.05, 0) is 0 Å². The lowest BCUT2D eigenvalue weighted by Gasteiger charge is -1.93. The second kappa shape index (κ2) is 17.3. The molecule has 8 N–H and O–H groups in total. The second-order valence-electron chi connectivity index (χ2n) is 2.26. The molecule has 0 atom stereocenters. The summed E-state index contributed by atoms with van der Waals surface area (Å²) in [6.07, 6.45) is 4.76. The maximum atomic E-state index is 10.1. The Bertz CT molecular complexity index is 273. The van der Waals surface area contributed by atoms with Gasteiger partial charge >= 0.3 is 17.9 Å². The Labute approximate surface area is 104 Å². The molecule has 0 rings (SSSR count). The van der Waals surface area contributed by atoms with Crippen LogP contribution in [0.4, 0.5) is 0 Å². The van der Waals surface area contributed by atoms with Gasteiger partial charge in [-0.25, -0.2) is 0 Å². The molecule has 0 amide bonds. The molecule has 0 saturated carbocycles. The number of terminal acetylenes is 1. The van der Waals surface area contributed by atoms with Crippen LogP contribution in [0.1, 0.15) is 0 Å². The van der Waals surface area contributed by atoms with Crippen LogP contribution in [0.5, 0.6) is 0 Å². The van der Waals surface area contributed by atoms with Crippen LogP contribution in [0.2, 0.25) is 0 Å². The number of carbonyl (C=O) groups excluding carboxylic acids is 1. The van der Waals surface area contributed by atoms with E-state index < -0.39 is 17.9 Å². The van der Waals surface area contributed by atoms with Crippen molar-refractivity contribution in [1.29, 1.82) is 0 Å². The first-order valence-corrected chi connectivity index (χ1v) is 4.48. The molecule has 0 radical (unpaired) electrons. The SMILES string of the molecule is C#CCOC(=O)CN.NCC(=O)O.NCC(=O)O. The molecule has 9 nitrogen and oxygen atoms in total. The summed E-state index contributed by atoms with van der Waals surface area (Å²) >= 11 is 0. The Kier molecular flexibility index (Phi) is 20.3. The number of carboxylic acids is 2. The lowest BCUT2D eigenvalue weighted by molar-refractivity contribution is -0.140. The van der Waals surface area contributed by atoms with Crippen molar-refractivity contribution in [3.8, 4) is 12.3 Å². The fourth-order valence-corrected chi connectivity index (χ4v) is 0.181. The van der Waals surface area contributed by atoms with E-state index in [1.807, 2.05) is 0 Å². The standard InChI is InChI=1S/C5H7NO2.2C2H5NO2/c1-2-3-8-5(7)4-6;2*3-1-2(4)5/h1H,3-4,6H2;2*1,3H2,(H,4,5). The highest BCUT2D eigenvalue weighted by molar-refractivity contribution is 5.71. The van der Waals surface area contributed by atoms with Gasteiger partial charge in [0, 0.05) is 0 Å². The lowest BCUT2D eigenvalue weighted by atomic mass is 10.7. The third-order valence-corrected chi connectivity index (χ3v) is 0.832. The molecular weight excluding hydrogens is 246 g/mol. The van der Waals surface area contributed by atoms with Crippen molar-refractivity contribution in [2.75, 3.05) is 26.2 Å². The summed E-state index contributed by atoms with van der Waals surface area (Å²) in [5.41, 5.74) is 14.0. The zero-order valence-electron chi connectivity index (χ0n) is 9.67. The Hall–Kier alpha value is -2.15. The van der Waals surface area contributed by atoms with E-state index in [0.29, 0.717) is 0 Å². The van der Waals surface area contributed by atoms with Crippen LogP contribution in [0, 0.1) is 12.3 Å². The lowest BCUT2D eigenvalue weighted by Crippen LogP contribution is -2.16. The Morgan fingerprint density at radius 1 is 1.00 bits per heavy atom. The van der Waals surface area contributed by atoms with Crippen LogP contribution < -0.4 is 17.2 Å². The van der Waals surface area contributed by atoms with Gasteiger partial charge < -0.3 is 32.2 Å². The first-order chi connectivity index (χ1) is 8.35. The number of rotatable bonds is 4. The van der Waals surface area contributed by atoms with Gasteiger partial charge in [-0.2, -0.15) is 0 Å². The zero-order chi connectivity index (χ0) is 15.0. The summed E-state index contributed by atoms with van der Waals surface area (Å²) in [5, 5.41) is 15.2. The molecule has 0 aromatic heterocycles. The number of carbonyl (C=O) groups is 3. The van der Waals surface area contributed by atoms with Gasteiger partial charge in [-0.1, -0.05) is 5.92 Å². The Morgan fingerprint density at radius 2 is 1.33 bits per heavy atom. The van der Waals surface area contributed by atoms with Gasteiger partial charge in [0.25, 0.3) is 0 Å². The zero-order valence-corrected chi connectivity index (χ0v) is 9.67. The summed E-state index contributed by atoms with van der Waals surface area (Å²) in [5.74, 6) is -0.270. The number of ether oxygens (including phenoxy) is 1. The molecule has 0 aliphatic heterocycles. The van der Waals surface area contributed by atoms with E-state index in [0.717, 1.165) is 0 Å². The van der Waals surface area contributed by atoms with E-state index in [4.69, 9.17) is 22.4 Å². The minimum atomic E-state index is -0.968. The van der Waals surface area contributed by atoms with E-state index in [9.17, 15) is 14.4 Å². The molecule has 0 bridgehead atoms. The fourth-order valence-electron chi connectivity index (χ4n) is 0.181. The molecule has 0 spiro atoms. The number of esters is 1. The third kappa shape index (κ3) is 37.1. The minimum absolute atomic E-state index is 0.00995. The van der Waals surface area contributed by atoms with Crippen molar-refractivity contribution < 1.29 is 29.3 Å². The van der Waals surface area contributed by atoms with Crippen molar-refractivity contribution in [1.82, 2.24) is 0 Å². The van der Waals surface area contributed by atoms with Gasteiger partial charge in [-0.3, -0.25) is 14.4 Å². The smallest absolute Gasteiger partial charge is 0.320 e. The Balaban J connectivity index is -0.000000197. The molecular formula is C9H17N3O6. The number of nitrogens with two attached hydrogens (primary N) is 3. The predicted octanol–water partition coefficient (Wildman–Crippen LogP) is -2.82. The van der Waals surface area contributed by atoms with E-state index in [1.54, 1.807) is 0 Å². The molecule has 0 saturated heterocycles. The van der Waals surface area contributed by atoms with Crippen LogP contribution >= 0.6 is 0 Å². The summed E-state index contributed by atoms with van der Waals surface area (Å²) in [6.45, 7) is -0.655. The summed E-state index contributed by atoms with van der Waals surface area (Å²) in [6, 6.07) is 0. The van der Waals surface area contributed by atoms with Crippen LogP contribution in [0.25, 0.3) is 0 Å². The first-order valence-electron chi connectivity index (χ1n) is 4.48. The number of carboxylic acid groups (broad SMARTS) is 2. The topological polar surface area (TPSA) is 179 Å². The molecule has 0 aliphatic carbocycles. The maximum Gasteiger partial charge on any atom is 0.320 e. The molecule has 0 aromatic rings. The highest BCUT2D eigenvalue weighted by atomic mass is 16.5.